The molecule has 0 aromatic carbocycles. The van der Waals surface area contributed by atoms with Gasteiger partial charge in [0.25, 0.3) is 5.24 Å². The maximum absolute atomic E-state index is 11.7. The molecule has 78 valence electrons. The topological polar surface area (TPSA) is 52.6 Å². The Kier molecular flexibility index (Phi) is 6.18. The maximum atomic E-state index is 11.7. The van der Waals surface area contributed by atoms with Crippen LogP contribution >= 0.6 is 30.8 Å². The Balaban J connectivity index is 4.57. The molecule has 1 atom stereocenters. The van der Waals surface area contributed by atoms with Crippen molar-refractivity contribution in [2.45, 2.75) is 19.0 Å². The average Bonchev–Trinajstić information content (AvgIpc) is 2.03. The zero-order valence-corrected chi connectivity index (χ0v) is 9.73. The highest BCUT2D eigenvalue weighted by molar-refractivity contribution is 7.58. The number of rotatable bonds is 6. The smallest absolute Gasteiger partial charge is 0.307 e. The number of hydrogen-bond acceptors (Lipinski definition) is 4. The third-order valence-corrected chi connectivity index (χ3v) is 4.51. The largest absolute Gasteiger partial charge is 0.357 e. The third kappa shape index (κ3) is 3.96. The van der Waals surface area contributed by atoms with Crippen LogP contribution in [0.2, 0.25) is 0 Å². The molecular weight excluding hydrogens is 238 g/mol. The van der Waals surface area contributed by atoms with Crippen LogP contribution in [0.15, 0.2) is 0 Å². The van der Waals surface area contributed by atoms with Gasteiger partial charge in [-0.1, -0.05) is 11.6 Å². The summed E-state index contributed by atoms with van der Waals surface area (Å²) in [5.74, 6) is 0. The highest BCUT2D eigenvalue weighted by Crippen LogP contribution is 2.55. The van der Waals surface area contributed by atoms with Crippen molar-refractivity contribution in [3.8, 4) is 0 Å². The summed E-state index contributed by atoms with van der Waals surface area (Å²) in [6.07, 6.45) is 0. The molecule has 0 heterocycles. The summed E-state index contributed by atoms with van der Waals surface area (Å²) in [5, 5.41) is -2.37. The van der Waals surface area contributed by atoms with Gasteiger partial charge < -0.3 is 9.05 Å². The fourth-order valence-electron chi connectivity index (χ4n) is 0.652. The molecule has 0 rings (SSSR count). The molecule has 0 saturated heterocycles. The Labute approximate surface area is 87.0 Å². The van der Waals surface area contributed by atoms with Crippen molar-refractivity contribution in [2.75, 3.05) is 13.2 Å². The van der Waals surface area contributed by atoms with Gasteiger partial charge >= 0.3 is 7.60 Å². The molecular formula is C6H11Cl2O4P. The Morgan fingerprint density at radius 1 is 1.38 bits per heavy atom. The Bertz CT molecular complexity index is 211. The molecule has 4 nitrogen and oxygen atoms in total. The molecule has 7 heteroatoms. The fourth-order valence-corrected chi connectivity index (χ4v) is 2.65. The van der Waals surface area contributed by atoms with E-state index in [9.17, 15) is 9.36 Å². The highest BCUT2D eigenvalue weighted by atomic mass is 35.5. The van der Waals surface area contributed by atoms with Crippen LogP contribution in [0, 0.1) is 0 Å². The van der Waals surface area contributed by atoms with Crippen molar-refractivity contribution in [1.82, 2.24) is 0 Å². The predicted octanol–water partition coefficient (Wildman–Crippen LogP) is 2.58. The first kappa shape index (κ1) is 13.4. The van der Waals surface area contributed by atoms with E-state index >= 15 is 0 Å². The van der Waals surface area contributed by atoms with E-state index in [0.29, 0.717) is 0 Å². The molecule has 0 N–H and O–H groups in total. The zero-order chi connectivity index (χ0) is 10.5. The van der Waals surface area contributed by atoms with Gasteiger partial charge in [-0.3, -0.25) is 9.36 Å². The zero-order valence-electron chi connectivity index (χ0n) is 7.33. The number of carbonyl (C=O) groups is 1. The summed E-state index contributed by atoms with van der Waals surface area (Å²) in [5.41, 5.74) is 0. The summed E-state index contributed by atoms with van der Waals surface area (Å²) < 4.78 is 21.3. The van der Waals surface area contributed by atoms with E-state index in [0.717, 1.165) is 0 Å². The molecule has 0 aromatic rings. The van der Waals surface area contributed by atoms with Gasteiger partial charge in [-0.05, 0) is 25.4 Å². The van der Waals surface area contributed by atoms with Gasteiger partial charge in [0.1, 0.15) is 0 Å². The monoisotopic (exact) mass is 248 g/mol. The van der Waals surface area contributed by atoms with Crippen molar-refractivity contribution in [3.05, 3.63) is 0 Å². The predicted molar refractivity (Wildman–Crippen MR) is 51.4 cm³/mol. The van der Waals surface area contributed by atoms with E-state index in [1.807, 2.05) is 0 Å². The van der Waals surface area contributed by atoms with Gasteiger partial charge in [0, 0.05) is 0 Å². The second-order valence-electron chi connectivity index (χ2n) is 2.02. The van der Waals surface area contributed by atoms with Crippen molar-refractivity contribution >= 4 is 36.0 Å². The van der Waals surface area contributed by atoms with Crippen LogP contribution in [0.5, 0.6) is 0 Å². The second kappa shape index (κ2) is 5.99. The SMILES string of the molecule is CCOP(=O)(OCC)C(Cl)C(=O)Cl. The normalized spacial score (nSPS) is 14.2. The van der Waals surface area contributed by atoms with E-state index in [2.05, 4.69) is 0 Å². The van der Waals surface area contributed by atoms with Gasteiger partial charge in [0.2, 0.25) is 5.12 Å². The molecule has 0 aromatic heterocycles. The number of hydrogen-bond donors (Lipinski definition) is 0. The van der Waals surface area contributed by atoms with Crippen LogP contribution in [-0.2, 0) is 18.4 Å². The Morgan fingerprint density at radius 2 is 1.77 bits per heavy atom. The van der Waals surface area contributed by atoms with Crippen LogP contribution in [0.25, 0.3) is 0 Å². The lowest BCUT2D eigenvalue weighted by Crippen LogP contribution is -2.13. The molecule has 0 aliphatic rings. The second-order valence-corrected chi connectivity index (χ2v) is 5.24. The Hall–Kier alpha value is 0.400. The lowest BCUT2D eigenvalue weighted by atomic mass is 10.9. The summed E-state index contributed by atoms with van der Waals surface area (Å²) in [4.78, 5) is 10.6. The van der Waals surface area contributed by atoms with E-state index in [-0.39, 0.29) is 13.2 Å². The molecule has 0 amide bonds. The van der Waals surface area contributed by atoms with E-state index in [1.54, 1.807) is 13.8 Å². The van der Waals surface area contributed by atoms with Crippen molar-refractivity contribution in [2.24, 2.45) is 0 Å². The van der Waals surface area contributed by atoms with Crippen molar-refractivity contribution in [1.29, 1.82) is 0 Å². The first-order valence-electron chi connectivity index (χ1n) is 3.70. The third-order valence-electron chi connectivity index (χ3n) is 1.08. The number of carbonyl (C=O) groups excluding carboxylic acids is 1. The minimum atomic E-state index is -3.58. The molecule has 1 unspecified atom stereocenters. The summed E-state index contributed by atoms with van der Waals surface area (Å²) in [7, 11) is -3.58. The van der Waals surface area contributed by atoms with E-state index < -0.39 is 18.0 Å². The first-order valence-corrected chi connectivity index (χ1v) is 6.12. The summed E-state index contributed by atoms with van der Waals surface area (Å²) >= 11 is 10.6. The number of alkyl halides is 1. The minimum Gasteiger partial charge on any atom is -0.307 e. The molecule has 0 bridgehead atoms. The summed E-state index contributed by atoms with van der Waals surface area (Å²) in [6.45, 7) is 3.53. The average molecular weight is 249 g/mol. The summed E-state index contributed by atoms with van der Waals surface area (Å²) in [6, 6.07) is 0. The van der Waals surface area contributed by atoms with Gasteiger partial charge in [0.05, 0.1) is 13.2 Å². The quantitative estimate of drug-likeness (QED) is 0.412. The highest BCUT2D eigenvalue weighted by Gasteiger charge is 2.38. The molecule has 0 aliphatic carbocycles. The van der Waals surface area contributed by atoms with E-state index in [4.69, 9.17) is 32.2 Å². The number of halogens is 2. The van der Waals surface area contributed by atoms with E-state index in [1.165, 1.54) is 0 Å². The molecule has 0 fully saturated rings. The van der Waals surface area contributed by atoms with Crippen molar-refractivity contribution < 1.29 is 18.4 Å². The standard InChI is InChI=1S/C6H11Cl2O4P/c1-3-11-13(10,12-4-2)6(8)5(7)9/h6H,3-4H2,1-2H3. The maximum Gasteiger partial charge on any atom is 0.357 e. The molecule has 0 aliphatic heterocycles. The van der Waals surface area contributed by atoms with Crippen LogP contribution in [0.1, 0.15) is 13.8 Å². The van der Waals surface area contributed by atoms with Gasteiger partial charge in [-0.25, -0.2) is 0 Å². The van der Waals surface area contributed by atoms with Crippen molar-refractivity contribution in [3.63, 3.8) is 0 Å². The van der Waals surface area contributed by atoms with Gasteiger partial charge in [-0.15, -0.1) is 0 Å². The Morgan fingerprint density at radius 3 is 2.00 bits per heavy atom. The fraction of sp³-hybridized carbons (Fsp3) is 0.833. The van der Waals surface area contributed by atoms with Crippen LogP contribution in [0.3, 0.4) is 0 Å². The first-order chi connectivity index (χ1) is 5.98. The lowest BCUT2D eigenvalue weighted by molar-refractivity contribution is -0.110. The van der Waals surface area contributed by atoms with Gasteiger partial charge in [0.15, 0.2) is 0 Å². The molecule has 0 saturated carbocycles. The molecule has 0 spiro atoms. The molecule has 13 heavy (non-hydrogen) atoms. The lowest BCUT2D eigenvalue weighted by Gasteiger charge is -2.18. The van der Waals surface area contributed by atoms with Gasteiger partial charge in [-0.2, -0.15) is 0 Å². The molecule has 0 radical (unpaired) electrons. The van der Waals surface area contributed by atoms with Crippen LogP contribution < -0.4 is 0 Å². The van der Waals surface area contributed by atoms with Crippen LogP contribution in [-0.4, -0.2) is 23.6 Å². The van der Waals surface area contributed by atoms with Crippen LogP contribution in [0.4, 0.5) is 0 Å². The minimum absolute atomic E-state index is 0.144.